The molecule has 1 aromatic carbocycles. The average molecular weight is 256 g/mol. The van der Waals surface area contributed by atoms with E-state index in [0.29, 0.717) is 12.8 Å². The van der Waals surface area contributed by atoms with Gasteiger partial charge in [-0.05, 0) is 24.0 Å². The van der Waals surface area contributed by atoms with Gasteiger partial charge in [-0.15, -0.1) is 0 Å². The van der Waals surface area contributed by atoms with Crippen LogP contribution in [-0.4, -0.2) is 29.1 Å². The van der Waals surface area contributed by atoms with Gasteiger partial charge in [0.05, 0.1) is 0 Å². The first-order valence-corrected chi connectivity index (χ1v) is 6.32. The molecule has 1 aliphatic heterocycles. The summed E-state index contributed by atoms with van der Waals surface area (Å²) in [5, 5.41) is 17.8. The molecule has 0 radical (unpaired) electrons. The van der Waals surface area contributed by atoms with E-state index in [1.165, 1.54) is 5.56 Å². The van der Waals surface area contributed by atoms with E-state index < -0.39 is 5.97 Å². The standard InChI is InChI=1S/C15H16N2O2/c16-10-14(15(18)19)13-6-8-17(9-7-13)11-12-4-2-1-3-5-12/h1-5H,6-9,11H2,(H,18,19). The van der Waals surface area contributed by atoms with Crippen LogP contribution in [0.3, 0.4) is 0 Å². The summed E-state index contributed by atoms with van der Waals surface area (Å²) in [5.41, 5.74) is 1.97. The van der Waals surface area contributed by atoms with Crippen molar-refractivity contribution >= 4 is 5.97 Å². The zero-order valence-corrected chi connectivity index (χ0v) is 10.7. The highest BCUT2D eigenvalue weighted by Gasteiger charge is 2.20. The first-order valence-electron chi connectivity index (χ1n) is 6.32. The Kier molecular flexibility index (Phi) is 4.32. The second-order valence-electron chi connectivity index (χ2n) is 4.66. The number of carboxylic acid groups (broad SMARTS) is 1. The highest BCUT2D eigenvalue weighted by molar-refractivity contribution is 5.92. The molecule has 0 saturated carbocycles. The van der Waals surface area contributed by atoms with Crippen LogP contribution in [-0.2, 0) is 11.3 Å². The minimum atomic E-state index is -1.10. The van der Waals surface area contributed by atoms with Crippen molar-refractivity contribution in [1.29, 1.82) is 5.26 Å². The van der Waals surface area contributed by atoms with Gasteiger partial charge in [0.2, 0.25) is 0 Å². The molecule has 4 nitrogen and oxygen atoms in total. The summed E-state index contributed by atoms with van der Waals surface area (Å²) in [7, 11) is 0. The largest absolute Gasteiger partial charge is 0.477 e. The van der Waals surface area contributed by atoms with Crippen LogP contribution in [0, 0.1) is 11.3 Å². The van der Waals surface area contributed by atoms with Crippen LogP contribution < -0.4 is 0 Å². The molecule has 0 atom stereocenters. The topological polar surface area (TPSA) is 64.3 Å². The van der Waals surface area contributed by atoms with E-state index in [0.717, 1.165) is 25.2 Å². The molecule has 98 valence electrons. The molecule has 4 heteroatoms. The molecule has 0 aromatic heterocycles. The van der Waals surface area contributed by atoms with Crippen molar-refractivity contribution in [2.45, 2.75) is 19.4 Å². The maximum atomic E-state index is 10.9. The zero-order valence-electron chi connectivity index (χ0n) is 10.7. The third-order valence-electron chi connectivity index (χ3n) is 3.39. The van der Waals surface area contributed by atoms with Gasteiger partial charge < -0.3 is 5.11 Å². The van der Waals surface area contributed by atoms with E-state index in [1.54, 1.807) is 6.07 Å². The van der Waals surface area contributed by atoms with Crippen molar-refractivity contribution in [2.24, 2.45) is 0 Å². The lowest BCUT2D eigenvalue weighted by molar-refractivity contribution is -0.132. The molecular weight excluding hydrogens is 240 g/mol. The number of benzene rings is 1. The summed E-state index contributed by atoms with van der Waals surface area (Å²) in [6, 6.07) is 12.0. The Hall–Kier alpha value is -2.12. The van der Waals surface area contributed by atoms with Crippen LogP contribution in [0.4, 0.5) is 0 Å². The average Bonchev–Trinajstić information content (AvgIpc) is 2.42. The van der Waals surface area contributed by atoms with E-state index in [1.807, 2.05) is 18.2 Å². The molecule has 1 fully saturated rings. The van der Waals surface area contributed by atoms with Crippen LogP contribution in [0.25, 0.3) is 0 Å². The van der Waals surface area contributed by atoms with Gasteiger partial charge in [0.1, 0.15) is 11.6 Å². The van der Waals surface area contributed by atoms with E-state index in [2.05, 4.69) is 17.0 Å². The summed E-state index contributed by atoms with van der Waals surface area (Å²) in [4.78, 5) is 13.2. The predicted molar refractivity (Wildman–Crippen MR) is 71.2 cm³/mol. The SMILES string of the molecule is N#CC(C(=O)O)=C1CCN(Cc2ccccc2)CC1. The smallest absolute Gasteiger partial charge is 0.346 e. The van der Waals surface area contributed by atoms with Crippen LogP contribution in [0.1, 0.15) is 18.4 Å². The van der Waals surface area contributed by atoms with E-state index in [9.17, 15) is 4.79 Å². The van der Waals surface area contributed by atoms with E-state index in [-0.39, 0.29) is 5.57 Å². The number of aliphatic carboxylic acids is 1. The molecule has 0 amide bonds. The number of carboxylic acids is 1. The number of nitrogens with zero attached hydrogens (tertiary/aromatic N) is 2. The van der Waals surface area contributed by atoms with Gasteiger partial charge in [0.25, 0.3) is 0 Å². The lowest BCUT2D eigenvalue weighted by Gasteiger charge is -2.28. The molecule has 0 unspecified atom stereocenters. The van der Waals surface area contributed by atoms with Gasteiger partial charge in [-0.3, -0.25) is 4.90 Å². The molecule has 0 aliphatic carbocycles. The maximum Gasteiger partial charge on any atom is 0.346 e. The number of nitriles is 1. The van der Waals surface area contributed by atoms with Crippen LogP contribution >= 0.6 is 0 Å². The molecule has 19 heavy (non-hydrogen) atoms. The Morgan fingerprint density at radius 1 is 1.26 bits per heavy atom. The number of piperidine rings is 1. The Morgan fingerprint density at radius 3 is 2.42 bits per heavy atom. The predicted octanol–water partition coefficient (Wildman–Crippen LogP) is 2.19. The van der Waals surface area contributed by atoms with Crippen molar-refractivity contribution in [1.82, 2.24) is 4.90 Å². The summed E-state index contributed by atoms with van der Waals surface area (Å²) < 4.78 is 0. The van der Waals surface area contributed by atoms with Gasteiger partial charge >= 0.3 is 5.97 Å². The summed E-state index contributed by atoms with van der Waals surface area (Å²) in [6.07, 6.45) is 1.34. The van der Waals surface area contributed by atoms with E-state index in [4.69, 9.17) is 10.4 Å². The second kappa shape index (κ2) is 6.17. The molecular formula is C15H16N2O2. The molecule has 1 saturated heterocycles. The monoisotopic (exact) mass is 256 g/mol. The third kappa shape index (κ3) is 3.43. The van der Waals surface area contributed by atoms with Crippen molar-refractivity contribution in [3.05, 3.63) is 47.0 Å². The molecule has 1 N–H and O–H groups in total. The number of carbonyl (C=O) groups is 1. The zero-order chi connectivity index (χ0) is 13.7. The van der Waals surface area contributed by atoms with Crippen molar-refractivity contribution < 1.29 is 9.90 Å². The Morgan fingerprint density at radius 2 is 1.89 bits per heavy atom. The summed E-state index contributed by atoms with van der Waals surface area (Å²) in [5.74, 6) is -1.10. The van der Waals surface area contributed by atoms with Gasteiger partial charge in [-0.2, -0.15) is 5.26 Å². The highest BCUT2D eigenvalue weighted by Crippen LogP contribution is 2.21. The summed E-state index contributed by atoms with van der Waals surface area (Å²) in [6.45, 7) is 2.49. The normalized spacial score (nSPS) is 15.8. The van der Waals surface area contributed by atoms with Crippen LogP contribution in [0.2, 0.25) is 0 Å². The number of hydrogen-bond donors (Lipinski definition) is 1. The highest BCUT2D eigenvalue weighted by atomic mass is 16.4. The van der Waals surface area contributed by atoms with Gasteiger partial charge in [-0.25, -0.2) is 4.79 Å². The van der Waals surface area contributed by atoms with Crippen LogP contribution in [0.5, 0.6) is 0 Å². The van der Waals surface area contributed by atoms with Crippen molar-refractivity contribution in [3.63, 3.8) is 0 Å². The number of rotatable bonds is 3. The van der Waals surface area contributed by atoms with Gasteiger partial charge in [-0.1, -0.05) is 30.3 Å². The quantitative estimate of drug-likeness (QED) is 0.665. The fraction of sp³-hybridized carbons (Fsp3) is 0.333. The number of hydrogen-bond acceptors (Lipinski definition) is 3. The van der Waals surface area contributed by atoms with Gasteiger partial charge in [0.15, 0.2) is 0 Å². The first-order chi connectivity index (χ1) is 9.20. The maximum absolute atomic E-state index is 10.9. The minimum Gasteiger partial charge on any atom is -0.477 e. The third-order valence-corrected chi connectivity index (χ3v) is 3.39. The minimum absolute atomic E-state index is 0.0700. The first kappa shape index (κ1) is 13.3. The van der Waals surface area contributed by atoms with Crippen molar-refractivity contribution in [3.8, 4) is 6.07 Å². The fourth-order valence-electron chi connectivity index (χ4n) is 2.35. The molecule has 0 bridgehead atoms. The molecule has 1 heterocycles. The number of likely N-dealkylation sites (tertiary alicyclic amines) is 1. The van der Waals surface area contributed by atoms with Crippen molar-refractivity contribution in [2.75, 3.05) is 13.1 Å². The summed E-state index contributed by atoms with van der Waals surface area (Å²) >= 11 is 0. The lowest BCUT2D eigenvalue weighted by atomic mass is 9.98. The lowest BCUT2D eigenvalue weighted by Crippen LogP contribution is -2.31. The Bertz CT molecular complexity index is 519. The molecule has 2 rings (SSSR count). The fourth-order valence-corrected chi connectivity index (χ4v) is 2.35. The van der Waals surface area contributed by atoms with E-state index >= 15 is 0 Å². The Balaban J connectivity index is 1.97. The Labute approximate surface area is 112 Å². The molecule has 1 aliphatic rings. The van der Waals surface area contributed by atoms with Crippen LogP contribution in [0.15, 0.2) is 41.5 Å². The molecule has 0 spiro atoms. The molecule has 1 aromatic rings. The van der Waals surface area contributed by atoms with Gasteiger partial charge in [0, 0.05) is 19.6 Å². The second-order valence-corrected chi connectivity index (χ2v) is 4.66.